The second-order valence-corrected chi connectivity index (χ2v) is 3.98. The van der Waals surface area contributed by atoms with E-state index in [0.717, 1.165) is 0 Å². The SMILES string of the molecule is CC(C)(C)OC(=O)C1=CC=CNC=C1.Cl. The summed E-state index contributed by atoms with van der Waals surface area (Å²) in [6.07, 6.45) is 8.60. The normalized spacial score (nSPS) is 14.5. The third kappa shape index (κ3) is 5.27. The van der Waals surface area contributed by atoms with E-state index in [1.807, 2.05) is 20.8 Å². The van der Waals surface area contributed by atoms with Crippen LogP contribution in [0.2, 0.25) is 0 Å². The van der Waals surface area contributed by atoms with E-state index >= 15 is 0 Å². The molecule has 0 saturated heterocycles. The topological polar surface area (TPSA) is 38.3 Å². The standard InChI is InChI=1S/C11H15NO2.ClH/c1-11(2,3)14-10(13)9-5-4-7-12-8-6-9;/h4-8,12H,1-3H3;1H. The van der Waals surface area contributed by atoms with Gasteiger partial charge < -0.3 is 10.1 Å². The van der Waals surface area contributed by atoms with Crippen molar-refractivity contribution in [2.75, 3.05) is 0 Å². The Morgan fingerprint density at radius 1 is 1.33 bits per heavy atom. The molecule has 0 atom stereocenters. The third-order valence-corrected chi connectivity index (χ3v) is 1.46. The molecule has 15 heavy (non-hydrogen) atoms. The van der Waals surface area contributed by atoms with E-state index in [1.54, 1.807) is 30.6 Å². The fourth-order valence-corrected chi connectivity index (χ4v) is 0.929. The van der Waals surface area contributed by atoms with Crippen LogP contribution >= 0.6 is 12.4 Å². The highest BCUT2D eigenvalue weighted by molar-refractivity contribution is 5.92. The number of rotatable bonds is 1. The fraction of sp³-hybridized carbons (Fsp3) is 0.364. The van der Waals surface area contributed by atoms with Crippen LogP contribution < -0.4 is 5.32 Å². The van der Waals surface area contributed by atoms with Gasteiger partial charge in [0.2, 0.25) is 0 Å². The van der Waals surface area contributed by atoms with E-state index in [4.69, 9.17) is 4.74 Å². The van der Waals surface area contributed by atoms with Crippen molar-refractivity contribution in [3.63, 3.8) is 0 Å². The highest BCUT2D eigenvalue weighted by Gasteiger charge is 2.18. The Morgan fingerprint density at radius 2 is 2.00 bits per heavy atom. The van der Waals surface area contributed by atoms with Gasteiger partial charge >= 0.3 is 5.97 Å². The number of carbonyl (C=O) groups excluding carboxylic acids is 1. The zero-order valence-corrected chi connectivity index (χ0v) is 9.93. The number of ether oxygens (including phenoxy) is 1. The second kappa shape index (κ2) is 5.61. The van der Waals surface area contributed by atoms with Crippen LogP contribution in [0.3, 0.4) is 0 Å². The molecule has 4 heteroatoms. The van der Waals surface area contributed by atoms with Gasteiger partial charge in [-0.15, -0.1) is 12.4 Å². The lowest BCUT2D eigenvalue weighted by Crippen LogP contribution is -2.24. The average Bonchev–Trinajstić information content (AvgIpc) is 2.27. The van der Waals surface area contributed by atoms with Crippen molar-refractivity contribution in [1.82, 2.24) is 5.32 Å². The summed E-state index contributed by atoms with van der Waals surface area (Å²) in [5, 5.41) is 2.87. The van der Waals surface area contributed by atoms with Gasteiger partial charge in [0.05, 0.1) is 5.57 Å². The summed E-state index contributed by atoms with van der Waals surface area (Å²) in [6, 6.07) is 0. The third-order valence-electron chi connectivity index (χ3n) is 1.46. The summed E-state index contributed by atoms with van der Waals surface area (Å²) in [6.45, 7) is 5.54. The van der Waals surface area contributed by atoms with Crippen LogP contribution in [0.15, 0.2) is 36.2 Å². The molecule has 1 heterocycles. The van der Waals surface area contributed by atoms with Crippen LogP contribution in [0.5, 0.6) is 0 Å². The minimum atomic E-state index is -0.449. The molecule has 1 N–H and O–H groups in total. The summed E-state index contributed by atoms with van der Waals surface area (Å²) in [4.78, 5) is 11.6. The van der Waals surface area contributed by atoms with Crippen molar-refractivity contribution in [1.29, 1.82) is 0 Å². The molecule has 1 aliphatic heterocycles. The Bertz CT molecular complexity index is 311. The molecule has 0 fully saturated rings. The molecule has 0 aromatic heterocycles. The quantitative estimate of drug-likeness (QED) is 0.702. The molecule has 0 aromatic carbocycles. The molecule has 3 nitrogen and oxygen atoms in total. The maximum Gasteiger partial charge on any atom is 0.338 e. The molecule has 1 aliphatic rings. The average molecular weight is 230 g/mol. The van der Waals surface area contributed by atoms with Gasteiger partial charge in [-0.1, -0.05) is 0 Å². The molecule has 0 amide bonds. The van der Waals surface area contributed by atoms with Gasteiger partial charge in [-0.05, 0) is 39.0 Å². The van der Waals surface area contributed by atoms with Crippen LogP contribution in [0.25, 0.3) is 0 Å². The molecule has 84 valence electrons. The first-order chi connectivity index (χ1) is 6.49. The van der Waals surface area contributed by atoms with E-state index in [1.165, 1.54) is 0 Å². The number of nitrogens with one attached hydrogen (secondary N) is 1. The lowest BCUT2D eigenvalue weighted by atomic mass is 10.2. The summed E-state index contributed by atoms with van der Waals surface area (Å²) < 4.78 is 5.21. The van der Waals surface area contributed by atoms with Gasteiger partial charge in [-0.3, -0.25) is 0 Å². The van der Waals surface area contributed by atoms with Gasteiger partial charge in [-0.25, -0.2) is 4.79 Å². The minimum absolute atomic E-state index is 0. The van der Waals surface area contributed by atoms with E-state index in [0.29, 0.717) is 5.57 Å². The van der Waals surface area contributed by atoms with Crippen molar-refractivity contribution in [2.24, 2.45) is 0 Å². The van der Waals surface area contributed by atoms with Crippen molar-refractivity contribution in [3.05, 3.63) is 36.2 Å². The zero-order valence-electron chi connectivity index (χ0n) is 9.11. The molecular formula is C11H16ClNO2. The maximum atomic E-state index is 11.6. The molecule has 0 spiro atoms. The summed E-state index contributed by atoms with van der Waals surface area (Å²) in [5.74, 6) is -0.304. The van der Waals surface area contributed by atoms with Crippen LogP contribution in [-0.2, 0) is 9.53 Å². The number of hydrogen-bond acceptors (Lipinski definition) is 3. The van der Waals surface area contributed by atoms with Crippen LogP contribution in [-0.4, -0.2) is 11.6 Å². The lowest BCUT2D eigenvalue weighted by Gasteiger charge is -2.19. The van der Waals surface area contributed by atoms with E-state index in [-0.39, 0.29) is 18.4 Å². The molecule has 0 radical (unpaired) electrons. The number of hydrogen-bond donors (Lipinski definition) is 1. The van der Waals surface area contributed by atoms with Gasteiger partial charge in [0.25, 0.3) is 0 Å². The smallest absolute Gasteiger partial charge is 0.338 e. The first kappa shape index (κ1) is 13.8. The van der Waals surface area contributed by atoms with Gasteiger partial charge in [0.1, 0.15) is 5.60 Å². The fourth-order valence-electron chi connectivity index (χ4n) is 0.929. The number of carbonyl (C=O) groups is 1. The molecule has 0 saturated carbocycles. The van der Waals surface area contributed by atoms with Crippen molar-refractivity contribution >= 4 is 18.4 Å². The number of allylic oxidation sites excluding steroid dienone is 2. The molecular weight excluding hydrogens is 214 g/mol. The first-order valence-corrected chi connectivity index (χ1v) is 4.52. The van der Waals surface area contributed by atoms with Gasteiger partial charge in [0, 0.05) is 12.4 Å². The molecule has 0 aromatic rings. The molecule has 0 bridgehead atoms. The Hall–Kier alpha value is -1.22. The van der Waals surface area contributed by atoms with Crippen molar-refractivity contribution < 1.29 is 9.53 Å². The minimum Gasteiger partial charge on any atom is -0.456 e. The lowest BCUT2D eigenvalue weighted by molar-refractivity contribution is -0.149. The number of esters is 1. The zero-order chi connectivity index (χ0) is 10.6. The Morgan fingerprint density at radius 3 is 2.60 bits per heavy atom. The maximum absolute atomic E-state index is 11.6. The summed E-state index contributed by atoms with van der Waals surface area (Å²) >= 11 is 0. The van der Waals surface area contributed by atoms with E-state index in [9.17, 15) is 4.79 Å². The van der Waals surface area contributed by atoms with E-state index in [2.05, 4.69) is 5.32 Å². The highest BCUT2D eigenvalue weighted by atomic mass is 35.5. The Balaban J connectivity index is 0.00000196. The van der Waals surface area contributed by atoms with Gasteiger partial charge in [0.15, 0.2) is 0 Å². The van der Waals surface area contributed by atoms with Gasteiger partial charge in [-0.2, -0.15) is 0 Å². The second-order valence-electron chi connectivity index (χ2n) is 3.98. The summed E-state index contributed by atoms with van der Waals surface area (Å²) in [5.41, 5.74) is 0.0936. The highest BCUT2D eigenvalue weighted by Crippen LogP contribution is 2.12. The van der Waals surface area contributed by atoms with Crippen molar-refractivity contribution in [3.8, 4) is 0 Å². The summed E-state index contributed by atoms with van der Waals surface area (Å²) in [7, 11) is 0. The van der Waals surface area contributed by atoms with Crippen LogP contribution in [0, 0.1) is 0 Å². The van der Waals surface area contributed by atoms with Crippen molar-refractivity contribution in [2.45, 2.75) is 26.4 Å². The predicted molar refractivity (Wildman–Crippen MR) is 62.6 cm³/mol. The molecule has 0 aliphatic carbocycles. The predicted octanol–water partition coefficient (Wildman–Crippen LogP) is 2.31. The Kier molecular flexibility index (Phi) is 5.15. The van der Waals surface area contributed by atoms with Crippen LogP contribution in [0.1, 0.15) is 20.8 Å². The molecule has 0 unspecified atom stereocenters. The first-order valence-electron chi connectivity index (χ1n) is 4.52. The molecule has 1 rings (SSSR count). The Labute approximate surface area is 96.3 Å². The van der Waals surface area contributed by atoms with E-state index < -0.39 is 5.60 Å². The van der Waals surface area contributed by atoms with Crippen LogP contribution in [0.4, 0.5) is 0 Å². The number of halogens is 1. The monoisotopic (exact) mass is 229 g/mol. The largest absolute Gasteiger partial charge is 0.456 e.